The number of ether oxygens (including phenoxy) is 1. The Morgan fingerprint density at radius 1 is 0.844 bits per heavy atom. The molecule has 0 aromatic heterocycles. The summed E-state index contributed by atoms with van der Waals surface area (Å²) in [4.78, 5) is 12.1. The number of rotatable bonds is 19. The van der Waals surface area contributed by atoms with Crippen molar-refractivity contribution in [1.29, 1.82) is 0 Å². The van der Waals surface area contributed by atoms with Crippen LogP contribution in [0.2, 0.25) is 18.1 Å². The molecule has 0 bridgehead atoms. The maximum absolute atomic E-state index is 12.1. The zero-order valence-electron chi connectivity index (χ0n) is 22.8. The first-order valence-corrected chi connectivity index (χ1v) is 16.9. The summed E-state index contributed by atoms with van der Waals surface area (Å²) >= 11 is 0. The topological polar surface area (TPSA) is 35.5 Å². The van der Waals surface area contributed by atoms with Crippen LogP contribution in [0.5, 0.6) is 0 Å². The zero-order chi connectivity index (χ0) is 24.0. The summed E-state index contributed by atoms with van der Waals surface area (Å²) in [6, 6.07) is 0. The van der Waals surface area contributed by atoms with Crippen LogP contribution < -0.4 is 0 Å². The van der Waals surface area contributed by atoms with E-state index in [-0.39, 0.29) is 29.1 Å². The van der Waals surface area contributed by atoms with Gasteiger partial charge in [0.15, 0.2) is 8.32 Å². The number of hydrogen-bond acceptors (Lipinski definition) is 3. The summed E-state index contributed by atoms with van der Waals surface area (Å²) < 4.78 is 12.5. The Balaban J connectivity index is 2.50. The number of cyclic esters (lactones) is 1. The average Bonchev–Trinajstić information content (AvgIpc) is 2.70. The van der Waals surface area contributed by atoms with Crippen LogP contribution in [0, 0.1) is 5.92 Å². The lowest BCUT2D eigenvalue weighted by Gasteiger charge is -2.42. The maximum Gasteiger partial charge on any atom is 0.313 e. The molecular weight excluding hydrogens is 412 g/mol. The Labute approximate surface area is 201 Å². The van der Waals surface area contributed by atoms with Crippen molar-refractivity contribution in [3.63, 3.8) is 0 Å². The largest absolute Gasteiger partial charge is 0.461 e. The Bertz CT molecular complexity index is 497. The number of unbranched alkanes of at least 4 members (excludes halogenated alkanes) is 11. The van der Waals surface area contributed by atoms with Gasteiger partial charge in [0.2, 0.25) is 0 Å². The van der Waals surface area contributed by atoms with Crippen LogP contribution in [0.25, 0.3) is 0 Å². The number of carbonyl (C=O) groups is 1. The van der Waals surface area contributed by atoms with Crippen LogP contribution in [0.1, 0.15) is 137 Å². The number of hydrogen-bond donors (Lipinski definition) is 0. The van der Waals surface area contributed by atoms with E-state index in [4.69, 9.17) is 9.16 Å². The lowest BCUT2D eigenvalue weighted by Crippen LogP contribution is -2.49. The first-order valence-electron chi connectivity index (χ1n) is 14.0. The molecule has 0 N–H and O–H groups in total. The molecule has 0 aliphatic carbocycles. The molecule has 1 fully saturated rings. The summed E-state index contributed by atoms with van der Waals surface area (Å²) in [7, 11) is -1.83. The van der Waals surface area contributed by atoms with E-state index >= 15 is 0 Å². The van der Waals surface area contributed by atoms with E-state index in [2.05, 4.69) is 47.7 Å². The second-order valence-corrected chi connectivity index (χ2v) is 16.5. The molecule has 32 heavy (non-hydrogen) atoms. The summed E-state index contributed by atoms with van der Waals surface area (Å²) in [5.74, 6) is 0.140. The molecule has 0 aromatic carbocycles. The van der Waals surface area contributed by atoms with E-state index in [1.165, 1.54) is 77.0 Å². The quantitative estimate of drug-likeness (QED) is 0.108. The Morgan fingerprint density at radius 2 is 1.34 bits per heavy atom. The molecule has 2 unspecified atom stereocenters. The van der Waals surface area contributed by atoms with Crippen molar-refractivity contribution >= 4 is 14.3 Å². The monoisotopic (exact) mass is 468 g/mol. The molecule has 1 saturated heterocycles. The highest BCUT2D eigenvalue weighted by Crippen LogP contribution is 2.40. The summed E-state index contributed by atoms with van der Waals surface area (Å²) in [5.41, 5.74) is 0. The molecule has 0 radical (unpaired) electrons. The van der Waals surface area contributed by atoms with Gasteiger partial charge in [-0.15, -0.1) is 0 Å². The maximum atomic E-state index is 12.1. The smallest absolute Gasteiger partial charge is 0.313 e. The fourth-order valence-corrected chi connectivity index (χ4v) is 5.87. The molecule has 0 saturated carbocycles. The van der Waals surface area contributed by atoms with Gasteiger partial charge in [-0.25, -0.2) is 0 Å². The van der Waals surface area contributed by atoms with Crippen LogP contribution in [0.3, 0.4) is 0 Å². The van der Waals surface area contributed by atoms with Gasteiger partial charge in [0.05, 0.1) is 5.92 Å². The van der Waals surface area contributed by atoms with Gasteiger partial charge in [-0.1, -0.05) is 118 Å². The van der Waals surface area contributed by atoms with Crippen LogP contribution in [0.4, 0.5) is 0 Å². The Morgan fingerprint density at radius 3 is 1.84 bits per heavy atom. The molecule has 0 spiro atoms. The molecular formula is C28H56O3Si. The first kappa shape index (κ1) is 29.7. The minimum atomic E-state index is -1.83. The fourth-order valence-electron chi connectivity index (χ4n) is 4.47. The third-order valence-corrected chi connectivity index (χ3v) is 12.3. The van der Waals surface area contributed by atoms with E-state index < -0.39 is 8.32 Å². The van der Waals surface area contributed by atoms with E-state index in [1.54, 1.807) is 0 Å². The SMILES string of the molecule is CCCCCCCCCCC[C@@H](CC1OC(=O)C1CCCCCC)O[Si](C)(C)C(C)(C)C. The molecule has 1 heterocycles. The van der Waals surface area contributed by atoms with Crippen LogP contribution in [-0.4, -0.2) is 26.5 Å². The Kier molecular flexibility index (Phi) is 14.4. The van der Waals surface area contributed by atoms with Gasteiger partial charge < -0.3 is 9.16 Å². The molecule has 190 valence electrons. The number of esters is 1. The first-order chi connectivity index (χ1) is 15.1. The second kappa shape index (κ2) is 15.5. The highest BCUT2D eigenvalue weighted by Gasteiger charge is 2.45. The molecule has 1 aliphatic rings. The third kappa shape index (κ3) is 11.2. The third-order valence-electron chi connectivity index (χ3n) is 7.78. The van der Waals surface area contributed by atoms with Gasteiger partial charge in [0.1, 0.15) is 6.10 Å². The van der Waals surface area contributed by atoms with Gasteiger partial charge in [-0.05, 0) is 31.0 Å². The van der Waals surface area contributed by atoms with Gasteiger partial charge >= 0.3 is 5.97 Å². The number of carbonyl (C=O) groups excluding carboxylic acids is 1. The highest BCUT2D eigenvalue weighted by molar-refractivity contribution is 6.74. The minimum Gasteiger partial charge on any atom is -0.461 e. The van der Waals surface area contributed by atoms with Crippen molar-refractivity contribution < 1.29 is 14.0 Å². The molecule has 3 atom stereocenters. The summed E-state index contributed by atoms with van der Waals surface area (Å²) in [6.07, 6.45) is 20.4. The van der Waals surface area contributed by atoms with Gasteiger partial charge in [-0.2, -0.15) is 0 Å². The van der Waals surface area contributed by atoms with Crippen molar-refractivity contribution in [2.45, 2.75) is 168 Å². The molecule has 4 heteroatoms. The summed E-state index contributed by atoms with van der Waals surface area (Å²) in [5, 5.41) is 0.208. The van der Waals surface area contributed by atoms with E-state index in [0.717, 1.165) is 25.7 Å². The predicted octanol–water partition coefficient (Wildman–Crippen LogP) is 9.20. The summed E-state index contributed by atoms with van der Waals surface area (Å²) in [6.45, 7) is 16.2. The van der Waals surface area contributed by atoms with E-state index in [1.807, 2.05) is 0 Å². The van der Waals surface area contributed by atoms with E-state index in [9.17, 15) is 4.79 Å². The Hall–Kier alpha value is -0.353. The standard InChI is InChI=1S/C28H56O3Si/c1-8-10-12-14-15-16-17-18-19-21-24(31-32(6,7)28(3,4)5)23-26-25(27(29)30-26)22-20-13-11-9-2/h24-26H,8-23H2,1-7H3/t24-,25?,26?/m0/s1. The van der Waals surface area contributed by atoms with Gasteiger partial charge in [0, 0.05) is 12.5 Å². The van der Waals surface area contributed by atoms with Gasteiger partial charge in [0.25, 0.3) is 0 Å². The molecule has 1 aliphatic heterocycles. The van der Waals surface area contributed by atoms with Crippen molar-refractivity contribution in [3.8, 4) is 0 Å². The van der Waals surface area contributed by atoms with Crippen molar-refractivity contribution in [1.82, 2.24) is 0 Å². The lowest BCUT2D eigenvalue weighted by atomic mass is 9.86. The molecule has 1 rings (SSSR count). The zero-order valence-corrected chi connectivity index (χ0v) is 23.8. The van der Waals surface area contributed by atoms with Crippen molar-refractivity contribution in [3.05, 3.63) is 0 Å². The van der Waals surface area contributed by atoms with Crippen LogP contribution in [0.15, 0.2) is 0 Å². The average molecular weight is 469 g/mol. The predicted molar refractivity (Wildman–Crippen MR) is 141 cm³/mol. The van der Waals surface area contributed by atoms with E-state index in [0.29, 0.717) is 0 Å². The highest BCUT2D eigenvalue weighted by atomic mass is 28.4. The molecule has 0 amide bonds. The van der Waals surface area contributed by atoms with Crippen LogP contribution >= 0.6 is 0 Å². The van der Waals surface area contributed by atoms with Crippen LogP contribution in [-0.2, 0) is 14.0 Å². The fraction of sp³-hybridized carbons (Fsp3) is 0.964. The minimum absolute atomic E-state index is 0.0284. The van der Waals surface area contributed by atoms with Crippen molar-refractivity contribution in [2.75, 3.05) is 0 Å². The van der Waals surface area contributed by atoms with Crippen molar-refractivity contribution in [2.24, 2.45) is 5.92 Å². The van der Waals surface area contributed by atoms with Gasteiger partial charge in [-0.3, -0.25) is 4.79 Å². The molecule has 3 nitrogen and oxygen atoms in total. The normalized spacial score (nSPS) is 20.2. The second-order valence-electron chi connectivity index (χ2n) is 11.8. The lowest BCUT2D eigenvalue weighted by molar-refractivity contribution is -0.188. The molecule has 0 aromatic rings.